The number of aliphatic carboxylic acids is 1. The van der Waals surface area contributed by atoms with E-state index in [0.29, 0.717) is 31.4 Å². The van der Waals surface area contributed by atoms with Crippen molar-refractivity contribution in [2.24, 2.45) is 0 Å². The number of esters is 1. The predicted molar refractivity (Wildman–Crippen MR) is 130 cm³/mol. The number of rotatable bonds is 9. The van der Waals surface area contributed by atoms with Crippen LogP contribution in [-0.4, -0.2) is 45.7 Å². The Morgan fingerprint density at radius 1 is 1.19 bits per heavy atom. The zero-order chi connectivity index (χ0) is 23.1. The van der Waals surface area contributed by atoms with Gasteiger partial charge in [-0.3, -0.25) is 19.8 Å². The second kappa shape index (κ2) is 10.9. The molecule has 1 amide bonds. The first-order chi connectivity index (χ1) is 15.3. The number of benzene rings is 2. The molecule has 0 bridgehead atoms. The second-order valence-electron chi connectivity index (χ2n) is 7.69. The molecule has 0 saturated heterocycles. The summed E-state index contributed by atoms with van der Waals surface area (Å²) in [5.41, 5.74) is 2.58. The van der Waals surface area contributed by atoms with Crippen molar-refractivity contribution in [3.8, 4) is 0 Å². The van der Waals surface area contributed by atoms with E-state index in [0.717, 1.165) is 11.1 Å². The van der Waals surface area contributed by atoms with Crippen LogP contribution in [0.1, 0.15) is 30.9 Å². The van der Waals surface area contributed by atoms with Crippen molar-refractivity contribution in [2.75, 3.05) is 18.1 Å². The summed E-state index contributed by atoms with van der Waals surface area (Å²) >= 11 is 2.04. The van der Waals surface area contributed by atoms with Gasteiger partial charge in [0.1, 0.15) is 6.54 Å². The molecule has 0 aliphatic carbocycles. The Labute approximate surface area is 201 Å². The highest BCUT2D eigenvalue weighted by atomic mass is 127. The molecule has 2 atom stereocenters. The molecule has 0 radical (unpaired) electrons. The lowest BCUT2D eigenvalue weighted by atomic mass is 10.0. The number of carbonyl (C=O) groups is 3. The number of hydrogen-bond acceptors (Lipinski definition) is 5. The number of hydrogen-bond donors (Lipinski definition) is 2. The molecule has 2 aromatic carbocycles. The molecular weight excluding hydrogens is 523 g/mol. The van der Waals surface area contributed by atoms with Crippen LogP contribution >= 0.6 is 22.6 Å². The Kier molecular flexibility index (Phi) is 8.25. The first kappa shape index (κ1) is 24.2. The van der Waals surface area contributed by atoms with Gasteiger partial charge in [-0.15, -0.1) is 0 Å². The first-order valence-corrected chi connectivity index (χ1v) is 11.7. The molecule has 1 aliphatic heterocycles. The standard InChI is InChI=1S/C24H27IN2O5/c1-2-32-23(31)24(25,15-14-17-8-4-3-5-9-17)26-19-13-12-18-10-6-7-11-20(18)27(22(19)30)16-21(28)29/h3-11,19,26H,2,12-16H2,1H3,(H,28,29)/t19-,24+/m0/s1. The van der Waals surface area contributed by atoms with Gasteiger partial charge in [0.2, 0.25) is 5.91 Å². The van der Waals surface area contributed by atoms with Crippen molar-refractivity contribution in [1.29, 1.82) is 0 Å². The second-order valence-corrected chi connectivity index (χ2v) is 9.53. The van der Waals surface area contributed by atoms with E-state index in [1.807, 2.05) is 65.1 Å². The van der Waals surface area contributed by atoms with Crippen LogP contribution in [0.3, 0.4) is 0 Å². The number of ether oxygens (including phenoxy) is 1. The minimum absolute atomic E-state index is 0.228. The molecule has 2 aromatic rings. The zero-order valence-electron chi connectivity index (χ0n) is 17.9. The van der Waals surface area contributed by atoms with Crippen molar-refractivity contribution >= 4 is 46.1 Å². The Morgan fingerprint density at radius 2 is 1.88 bits per heavy atom. The summed E-state index contributed by atoms with van der Waals surface area (Å²) < 4.78 is 4.20. The number of halogens is 1. The third kappa shape index (κ3) is 5.86. The maximum atomic E-state index is 13.4. The number of para-hydroxylation sites is 1. The van der Waals surface area contributed by atoms with Gasteiger partial charge in [-0.05, 0) is 72.4 Å². The lowest BCUT2D eigenvalue weighted by Gasteiger charge is -2.32. The van der Waals surface area contributed by atoms with Gasteiger partial charge in [0.05, 0.1) is 12.6 Å². The number of anilines is 1. The van der Waals surface area contributed by atoms with Crippen molar-refractivity contribution in [3.05, 3.63) is 65.7 Å². The minimum Gasteiger partial charge on any atom is -0.480 e. The Morgan fingerprint density at radius 3 is 2.56 bits per heavy atom. The maximum Gasteiger partial charge on any atom is 0.336 e. The van der Waals surface area contributed by atoms with Gasteiger partial charge < -0.3 is 9.84 Å². The first-order valence-electron chi connectivity index (χ1n) is 10.6. The van der Waals surface area contributed by atoms with E-state index in [9.17, 15) is 19.5 Å². The van der Waals surface area contributed by atoms with Crippen LogP contribution in [0.5, 0.6) is 0 Å². The third-order valence-electron chi connectivity index (χ3n) is 5.45. The van der Waals surface area contributed by atoms with Crippen molar-refractivity contribution in [1.82, 2.24) is 5.32 Å². The molecule has 0 saturated carbocycles. The van der Waals surface area contributed by atoms with Crippen LogP contribution in [0.2, 0.25) is 0 Å². The van der Waals surface area contributed by atoms with Gasteiger partial charge >= 0.3 is 11.9 Å². The third-order valence-corrected chi connectivity index (χ3v) is 6.74. The number of nitrogens with zero attached hydrogens (tertiary/aromatic N) is 1. The van der Waals surface area contributed by atoms with Gasteiger partial charge in [0.25, 0.3) is 0 Å². The Hall–Kier alpha value is -2.46. The van der Waals surface area contributed by atoms with Crippen LogP contribution in [0, 0.1) is 0 Å². The van der Waals surface area contributed by atoms with E-state index in [2.05, 4.69) is 5.32 Å². The van der Waals surface area contributed by atoms with Crippen LogP contribution in [0.4, 0.5) is 5.69 Å². The molecule has 7 nitrogen and oxygen atoms in total. The smallest absolute Gasteiger partial charge is 0.336 e. The largest absolute Gasteiger partial charge is 0.480 e. The number of fused-ring (bicyclic) bond motifs is 1. The fourth-order valence-electron chi connectivity index (χ4n) is 3.86. The molecule has 0 unspecified atom stereocenters. The summed E-state index contributed by atoms with van der Waals surface area (Å²) in [4.78, 5) is 39.1. The molecule has 1 aliphatic rings. The van der Waals surface area contributed by atoms with Crippen molar-refractivity contribution in [3.63, 3.8) is 0 Å². The van der Waals surface area contributed by atoms with Crippen LogP contribution in [0.25, 0.3) is 0 Å². The summed E-state index contributed by atoms with van der Waals surface area (Å²) in [5.74, 6) is -1.89. The minimum atomic E-state index is -1.13. The molecule has 170 valence electrons. The summed E-state index contributed by atoms with van der Waals surface area (Å²) in [6.45, 7) is 1.53. The predicted octanol–water partition coefficient (Wildman–Crippen LogP) is 3.34. The molecule has 32 heavy (non-hydrogen) atoms. The van der Waals surface area contributed by atoms with Gasteiger partial charge in [-0.2, -0.15) is 0 Å². The number of amides is 1. The van der Waals surface area contributed by atoms with Gasteiger partial charge in [-0.25, -0.2) is 4.79 Å². The van der Waals surface area contributed by atoms with E-state index < -0.39 is 28.1 Å². The number of carboxylic acid groups (broad SMARTS) is 1. The average Bonchev–Trinajstić information content (AvgIpc) is 2.91. The summed E-state index contributed by atoms with van der Waals surface area (Å²) in [6.07, 6.45) is 2.08. The zero-order valence-corrected chi connectivity index (χ0v) is 20.1. The lowest BCUT2D eigenvalue weighted by Crippen LogP contribution is -2.57. The number of alkyl halides is 1. The summed E-state index contributed by atoms with van der Waals surface area (Å²) in [7, 11) is 0. The van der Waals surface area contributed by atoms with E-state index in [4.69, 9.17) is 4.74 Å². The molecule has 3 rings (SSSR count). The van der Waals surface area contributed by atoms with Crippen LogP contribution in [0.15, 0.2) is 54.6 Å². The fraction of sp³-hybridized carbons (Fsp3) is 0.375. The number of aryl methyl sites for hydroxylation is 2. The highest BCUT2D eigenvalue weighted by Gasteiger charge is 2.42. The van der Waals surface area contributed by atoms with Crippen LogP contribution in [-0.2, 0) is 32.0 Å². The highest BCUT2D eigenvalue weighted by molar-refractivity contribution is 14.1. The number of carbonyl (C=O) groups excluding carboxylic acids is 2. The molecule has 0 spiro atoms. The molecule has 0 aromatic heterocycles. The molecule has 1 heterocycles. The topological polar surface area (TPSA) is 95.9 Å². The van der Waals surface area contributed by atoms with Gasteiger partial charge in [0.15, 0.2) is 3.55 Å². The Balaban J connectivity index is 1.86. The van der Waals surface area contributed by atoms with Crippen molar-refractivity contribution < 1.29 is 24.2 Å². The molecular formula is C24H27IN2O5. The maximum absolute atomic E-state index is 13.4. The summed E-state index contributed by atoms with van der Waals surface area (Å²) in [6, 6.07) is 16.4. The van der Waals surface area contributed by atoms with Crippen LogP contribution < -0.4 is 10.2 Å². The van der Waals surface area contributed by atoms with E-state index in [-0.39, 0.29) is 12.5 Å². The number of carboxylic acids is 1. The fourth-order valence-corrected chi connectivity index (χ4v) is 4.67. The summed E-state index contributed by atoms with van der Waals surface area (Å²) in [5, 5.41) is 12.6. The highest BCUT2D eigenvalue weighted by Crippen LogP contribution is 2.31. The average molecular weight is 550 g/mol. The van der Waals surface area contributed by atoms with E-state index in [1.54, 1.807) is 19.1 Å². The molecule has 8 heteroatoms. The normalized spacial score (nSPS) is 17.8. The van der Waals surface area contributed by atoms with E-state index in [1.165, 1.54) is 4.90 Å². The van der Waals surface area contributed by atoms with Crippen molar-refractivity contribution in [2.45, 2.75) is 42.2 Å². The quantitative estimate of drug-likeness (QED) is 0.215. The SMILES string of the molecule is CCOC(=O)[C@@](I)(CCc1ccccc1)N[C@H]1CCc2ccccc2N(CC(=O)O)C1=O. The van der Waals surface area contributed by atoms with Gasteiger partial charge in [-0.1, -0.05) is 48.5 Å². The molecule has 0 fully saturated rings. The number of nitrogens with one attached hydrogen (secondary N) is 1. The lowest BCUT2D eigenvalue weighted by molar-refractivity contribution is -0.147. The molecule has 2 N–H and O–H groups in total. The Bertz CT molecular complexity index is 968. The van der Waals surface area contributed by atoms with E-state index >= 15 is 0 Å². The monoisotopic (exact) mass is 550 g/mol. The van der Waals surface area contributed by atoms with Gasteiger partial charge in [0, 0.05) is 5.69 Å².